The fraction of sp³-hybridized carbons (Fsp3) is 0.727. The topological polar surface area (TPSA) is 43.8 Å². The van der Waals surface area contributed by atoms with Crippen molar-refractivity contribution in [3.63, 3.8) is 0 Å². The van der Waals surface area contributed by atoms with Gasteiger partial charge in [-0.3, -0.25) is 0 Å². The summed E-state index contributed by atoms with van der Waals surface area (Å²) >= 11 is 2.01. The van der Waals surface area contributed by atoms with Gasteiger partial charge in [-0.1, -0.05) is 6.92 Å². The first-order chi connectivity index (χ1) is 7.33. The molecule has 0 amide bonds. The highest BCUT2D eigenvalue weighted by atomic mass is 32.2. The fourth-order valence-electron chi connectivity index (χ4n) is 2.10. The van der Waals surface area contributed by atoms with E-state index < -0.39 is 0 Å². The zero-order valence-corrected chi connectivity index (χ0v) is 10.0. The number of hydrogen-bond donors (Lipinski definition) is 1. The highest BCUT2D eigenvalue weighted by molar-refractivity contribution is 7.99. The molecule has 0 spiro atoms. The molecular formula is C11H19N3S. The van der Waals surface area contributed by atoms with Crippen LogP contribution in [0.25, 0.3) is 0 Å². The number of nitrogens with zero attached hydrogens (tertiary/aromatic N) is 2. The lowest BCUT2D eigenvalue weighted by Crippen LogP contribution is -2.25. The number of hydrogen-bond acceptors (Lipinski definition) is 3. The van der Waals surface area contributed by atoms with Crippen LogP contribution in [0.5, 0.6) is 0 Å². The van der Waals surface area contributed by atoms with E-state index in [2.05, 4.69) is 16.5 Å². The van der Waals surface area contributed by atoms with E-state index in [-0.39, 0.29) is 6.04 Å². The molecule has 1 aliphatic heterocycles. The Morgan fingerprint density at radius 1 is 1.73 bits per heavy atom. The van der Waals surface area contributed by atoms with Crippen molar-refractivity contribution in [2.24, 2.45) is 11.7 Å². The third-order valence-corrected chi connectivity index (χ3v) is 4.17. The van der Waals surface area contributed by atoms with E-state index in [0.717, 1.165) is 18.8 Å². The Morgan fingerprint density at radius 3 is 3.27 bits per heavy atom. The Labute approximate surface area is 95.4 Å². The average molecular weight is 225 g/mol. The van der Waals surface area contributed by atoms with Crippen molar-refractivity contribution in [3.8, 4) is 0 Å². The van der Waals surface area contributed by atoms with Crippen LogP contribution < -0.4 is 5.73 Å². The zero-order chi connectivity index (χ0) is 10.7. The third-order valence-electron chi connectivity index (χ3n) is 2.98. The van der Waals surface area contributed by atoms with Crippen LogP contribution in [0.15, 0.2) is 12.4 Å². The summed E-state index contributed by atoms with van der Waals surface area (Å²) in [4.78, 5) is 4.41. The van der Waals surface area contributed by atoms with Crippen LogP contribution in [-0.4, -0.2) is 21.1 Å². The van der Waals surface area contributed by atoms with E-state index >= 15 is 0 Å². The molecule has 15 heavy (non-hydrogen) atoms. The largest absolute Gasteiger partial charge is 0.334 e. The molecule has 2 N–H and O–H groups in total. The van der Waals surface area contributed by atoms with E-state index in [0.29, 0.717) is 5.92 Å². The molecule has 0 aliphatic carbocycles. The van der Waals surface area contributed by atoms with Gasteiger partial charge < -0.3 is 10.3 Å². The first-order valence-electron chi connectivity index (χ1n) is 5.67. The molecule has 1 fully saturated rings. The Bertz CT molecular complexity index is 305. The molecular weight excluding hydrogens is 206 g/mol. The molecule has 1 aromatic heterocycles. The van der Waals surface area contributed by atoms with Gasteiger partial charge in [0, 0.05) is 18.9 Å². The van der Waals surface area contributed by atoms with Crippen LogP contribution in [0.4, 0.5) is 0 Å². The summed E-state index contributed by atoms with van der Waals surface area (Å²) in [6.07, 6.45) is 6.29. The minimum Gasteiger partial charge on any atom is -0.334 e. The van der Waals surface area contributed by atoms with Crippen LogP contribution >= 0.6 is 11.8 Å². The van der Waals surface area contributed by atoms with E-state index in [1.165, 1.54) is 17.9 Å². The van der Waals surface area contributed by atoms with Gasteiger partial charge in [-0.25, -0.2) is 4.98 Å². The normalized spacial score (nSPS) is 23.2. The summed E-state index contributed by atoms with van der Waals surface area (Å²) in [5, 5.41) is 0. The van der Waals surface area contributed by atoms with Crippen LogP contribution in [-0.2, 0) is 6.54 Å². The maximum Gasteiger partial charge on any atom is 0.125 e. The molecule has 0 radical (unpaired) electrons. The molecule has 4 heteroatoms. The summed E-state index contributed by atoms with van der Waals surface area (Å²) in [6, 6.07) is 0.126. The summed E-state index contributed by atoms with van der Waals surface area (Å²) in [5.74, 6) is 4.14. The zero-order valence-electron chi connectivity index (χ0n) is 9.22. The molecule has 2 atom stereocenters. The number of rotatable bonds is 4. The van der Waals surface area contributed by atoms with Crippen LogP contribution in [0.1, 0.15) is 31.6 Å². The second-order valence-corrected chi connectivity index (χ2v) is 5.28. The second kappa shape index (κ2) is 5.03. The van der Waals surface area contributed by atoms with Crippen molar-refractivity contribution < 1.29 is 0 Å². The predicted octanol–water partition coefficient (Wildman–Crippen LogP) is 2.05. The Hall–Kier alpha value is -0.480. The van der Waals surface area contributed by atoms with Crippen molar-refractivity contribution >= 4 is 11.8 Å². The van der Waals surface area contributed by atoms with Crippen molar-refractivity contribution in [1.82, 2.24) is 9.55 Å². The van der Waals surface area contributed by atoms with Gasteiger partial charge in [0.25, 0.3) is 0 Å². The molecule has 0 saturated carbocycles. The van der Waals surface area contributed by atoms with Gasteiger partial charge in [0.05, 0.1) is 6.04 Å². The first-order valence-corrected chi connectivity index (χ1v) is 6.82. The quantitative estimate of drug-likeness (QED) is 0.853. The number of nitrogens with two attached hydrogens (primary N) is 1. The van der Waals surface area contributed by atoms with Gasteiger partial charge >= 0.3 is 0 Å². The minimum absolute atomic E-state index is 0.126. The average Bonchev–Trinajstić information content (AvgIpc) is 2.87. The highest BCUT2D eigenvalue weighted by Crippen LogP contribution is 2.31. The Kier molecular flexibility index (Phi) is 3.70. The lowest BCUT2D eigenvalue weighted by atomic mass is 9.99. The summed E-state index contributed by atoms with van der Waals surface area (Å²) < 4.78 is 2.20. The molecule has 1 aromatic rings. The summed E-state index contributed by atoms with van der Waals surface area (Å²) in [6.45, 7) is 3.21. The predicted molar refractivity (Wildman–Crippen MR) is 64.9 cm³/mol. The molecule has 2 rings (SSSR count). The maximum absolute atomic E-state index is 6.28. The molecule has 2 unspecified atom stereocenters. The molecule has 2 heterocycles. The number of imidazole rings is 1. The van der Waals surface area contributed by atoms with Gasteiger partial charge in [0.15, 0.2) is 0 Å². The van der Waals surface area contributed by atoms with Gasteiger partial charge in [-0.05, 0) is 30.3 Å². The van der Waals surface area contributed by atoms with E-state index in [9.17, 15) is 0 Å². The fourth-order valence-corrected chi connectivity index (χ4v) is 3.41. The smallest absolute Gasteiger partial charge is 0.125 e. The van der Waals surface area contributed by atoms with Crippen molar-refractivity contribution in [2.75, 3.05) is 11.5 Å². The summed E-state index contributed by atoms with van der Waals surface area (Å²) in [7, 11) is 0. The van der Waals surface area contributed by atoms with Crippen LogP contribution in [0.3, 0.4) is 0 Å². The number of thioether (sulfide) groups is 1. The van der Waals surface area contributed by atoms with Crippen molar-refractivity contribution in [1.29, 1.82) is 0 Å². The van der Waals surface area contributed by atoms with Gasteiger partial charge in [0.2, 0.25) is 0 Å². The van der Waals surface area contributed by atoms with Crippen molar-refractivity contribution in [2.45, 2.75) is 32.4 Å². The number of aryl methyl sites for hydroxylation is 1. The SMILES string of the molecule is CCCn1ccnc1C(N)C1CCSC1. The summed E-state index contributed by atoms with van der Waals surface area (Å²) in [5.41, 5.74) is 6.28. The van der Waals surface area contributed by atoms with E-state index in [1.807, 2.05) is 24.2 Å². The van der Waals surface area contributed by atoms with Crippen LogP contribution in [0, 0.1) is 5.92 Å². The van der Waals surface area contributed by atoms with E-state index in [4.69, 9.17) is 5.73 Å². The maximum atomic E-state index is 6.28. The Balaban J connectivity index is 2.09. The van der Waals surface area contributed by atoms with Gasteiger partial charge in [-0.2, -0.15) is 11.8 Å². The Morgan fingerprint density at radius 2 is 2.60 bits per heavy atom. The second-order valence-electron chi connectivity index (χ2n) is 4.13. The third kappa shape index (κ3) is 2.37. The number of aromatic nitrogens is 2. The van der Waals surface area contributed by atoms with Gasteiger partial charge in [0.1, 0.15) is 5.82 Å². The van der Waals surface area contributed by atoms with Crippen molar-refractivity contribution in [3.05, 3.63) is 18.2 Å². The standard InChI is InChI=1S/C11H19N3S/c1-2-5-14-6-4-13-11(14)10(12)9-3-7-15-8-9/h4,6,9-10H,2-3,5,7-8,12H2,1H3. The molecule has 1 aliphatic rings. The minimum atomic E-state index is 0.126. The highest BCUT2D eigenvalue weighted by Gasteiger charge is 2.26. The monoisotopic (exact) mass is 225 g/mol. The lowest BCUT2D eigenvalue weighted by Gasteiger charge is -2.18. The van der Waals surface area contributed by atoms with Crippen LogP contribution in [0.2, 0.25) is 0 Å². The molecule has 1 saturated heterocycles. The molecule has 0 aromatic carbocycles. The molecule has 84 valence electrons. The van der Waals surface area contributed by atoms with E-state index in [1.54, 1.807) is 0 Å². The molecule has 0 bridgehead atoms. The van der Waals surface area contributed by atoms with Gasteiger partial charge in [-0.15, -0.1) is 0 Å². The molecule has 3 nitrogen and oxygen atoms in total. The lowest BCUT2D eigenvalue weighted by molar-refractivity contribution is 0.441. The first kappa shape index (κ1) is 11.0.